The first kappa shape index (κ1) is 17.0. The van der Waals surface area contributed by atoms with Gasteiger partial charge in [0.15, 0.2) is 0 Å². The summed E-state index contributed by atoms with van der Waals surface area (Å²) in [5.74, 6) is 2.42. The molecular weight excluding hydrogens is 338 g/mol. The summed E-state index contributed by atoms with van der Waals surface area (Å²) in [6.07, 6.45) is 7.75. The maximum Gasteiger partial charge on any atom is 0.238 e. The smallest absolute Gasteiger partial charge is 0.238 e. The molecule has 1 aromatic carbocycles. The van der Waals surface area contributed by atoms with Crippen molar-refractivity contribution in [3.63, 3.8) is 0 Å². The summed E-state index contributed by atoms with van der Waals surface area (Å²) < 4.78 is 22.5. The second-order valence-electron chi connectivity index (χ2n) is 8.17. The minimum atomic E-state index is -3.71. The Balaban J connectivity index is 1.34. The summed E-state index contributed by atoms with van der Waals surface area (Å²) in [5, 5.41) is 11.4. The third-order valence-corrected chi connectivity index (χ3v) is 7.06. The Morgan fingerprint density at radius 3 is 2.04 bits per heavy atom. The van der Waals surface area contributed by atoms with Gasteiger partial charge in [-0.05, 0) is 80.5 Å². The highest BCUT2D eigenvalue weighted by Gasteiger charge is 2.50. The van der Waals surface area contributed by atoms with E-state index < -0.39 is 10.0 Å². The van der Waals surface area contributed by atoms with E-state index in [1.807, 2.05) is 0 Å². The number of rotatable bonds is 5. The molecule has 0 radical (unpaired) electrons. The van der Waals surface area contributed by atoms with Crippen molar-refractivity contribution in [1.29, 1.82) is 0 Å². The monoisotopic (exact) mass is 363 g/mol. The lowest BCUT2D eigenvalue weighted by atomic mass is 9.53. The van der Waals surface area contributed by atoms with E-state index >= 15 is 0 Å². The zero-order valence-corrected chi connectivity index (χ0v) is 15.0. The van der Waals surface area contributed by atoms with Crippen LogP contribution >= 0.6 is 0 Å². The van der Waals surface area contributed by atoms with Gasteiger partial charge < -0.3 is 10.6 Å². The van der Waals surface area contributed by atoms with E-state index in [2.05, 4.69) is 10.6 Å². The standard InChI is InChI=1S/C18H25N3O3S/c19-25(23,24)16-3-1-15(2-4-16)21-17(22)11-20-18-8-12-5-13(9-18)7-14(6-12)10-18/h1-4,12-14,20H,5-11H2,(H,21,22)(H2,19,23,24). The molecule has 4 aliphatic rings. The van der Waals surface area contributed by atoms with Crippen LogP contribution in [-0.4, -0.2) is 26.4 Å². The van der Waals surface area contributed by atoms with Crippen LogP contribution in [0, 0.1) is 17.8 Å². The number of nitrogens with one attached hydrogen (secondary N) is 2. The van der Waals surface area contributed by atoms with Crippen LogP contribution in [0.25, 0.3) is 0 Å². The van der Waals surface area contributed by atoms with Crippen molar-refractivity contribution in [2.45, 2.75) is 49.0 Å². The van der Waals surface area contributed by atoms with Crippen molar-refractivity contribution in [2.75, 3.05) is 11.9 Å². The van der Waals surface area contributed by atoms with Gasteiger partial charge in [-0.25, -0.2) is 13.6 Å². The summed E-state index contributed by atoms with van der Waals surface area (Å²) in [7, 11) is -3.71. The Morgan fingerprint density at radius 1 is 1.04 bits per heavy atom. The van der Waals surface area contributed by atoms with Crippen molar-refractivity contribution in [1.82, 2.24) is 5.32 Å². The molecule has 0 aliphatic heterocycles. The zero-order valence-electron chi connectivity index (χ0n) is 14.2. The quantitative estimate of drug-likeness (QED) is 0.743. The fourth-order valence-corrected chi connectivity index (χ4v) is 6.04. The summed E-state index contributed by atoms with van der Waals surface area (Å²) in [6, 6.07) is 5.92. The predicted octanol–water partition coefficient (Wildman–Crippen LogP) is 1.83. The van der Waals surface area contributed by atoms with Crippen molar-refractivity contribution in [2.24, 2.45) is 22.9 Å². The molecule has 0 atom stereocenters. The normalized spacial score (nSPS) is 33.4. The molecule has 0 heterocycles. The lowest BCUT2D eigenvalue weighted by Gasteiger charge is -2.57. The van der Waals surface area contributed by atoms with E-state index in [0.717, 1.165) is 17.8 Å². The summed E-state index contributed by atoms with van der Waals surface area (Å²) >= 11 is 0. The minimum Gasteiger partial charge on any atom is -0.325 e. The Labute approximate surface area is 148 Å². The van der Waals surface area contributed by atoms with Crippen LogP contribution in [0.2, 0.25) is 0 Å². The third kappa shape index (κ3) is 3.59. The number of hydrogen-bond donors (Lipinski definition) is 3. The predicted molar refractivity (Wildman–Crippen MR) is 95.4 cm³/mol. The molecule has 4 N–H and O–H groups in total. The summed E-state index contributed by atoms with van der Waals surface area (Å²) in [6.45, 7) is 0.295. The average Bonchev–Trinajstić information content (AvgIpc) is 2.51. The Hall–Kier alpha value is -1.44. The Kier molecular flexibility index (Phi) is 4.13. The number of primary sulfonamides is 1. The van der Waals surface area contributed by atoms with E-state index in [-0.39, 0.29) is 16.3 Å². The van der Waals surface area contributed by atoms with Gasteiger partial charge in [0.05, 0.1) is 11.4 Å². The molecule has 1 amide bonds. The van der Waals surface area contributed by atoms with Gasteiger partial charge in [-0.2, -0.15) is 0 Å². The van der Waals surface area contributed by atoms with Gasteiger partial charge in [-0.15, -0.1) is 0 Å². The Morgan fingerprint density at radius 2 is 1.56 bits per heavy atom. The molecule has 4 aliphatic carbocycles. The molecule has 0 aromatic heterocycles. The molecule has 136 valence electrons. The second kappa shape index (κ2) is 6.07. The van der Waals surface area contributed by atoms with Crippen LogP contribution in [0.15, 0.2) is 29.2 Å². The molecule has 7 heteroatoms. The molecule has 4 saturated carbocycles. The van der Waals surface area contributed by atoms with Crippen LogP contribution in [0.4, 0.5) is 5.69 Å². The number of nitrogens with two attached hydrogens (primary N) is 1. The maximum atomic E-state index is 12.3. The first-order valence-corrected chi connectivity index (χ1v) is 10.5. The molecule has 0 saturated heterocycles. The summed E-state index contributed by atoms with van der Waals surface area (Å²) in [5.41, 5.74) is 0.730. The van der Waals surface area contributed by atoms with Crippen molar-refractivity contribution in [3.8, 4) is 0 Å². The highest BCUT2D eigenvalue weighted by atomic mass is 32.2. The fourth-order valence-electron chi connectivity index (χ4n) is 5.53. The lowest BCUT2D eigenvalue weighted by molar-refractivity contribution is -0.116. The van der Waals surface area contributed by atoms with Crippen molar-refractivity contribution >= 4 is 21.6 Å². The molecule has 25 heavy (non-hydrogen) atoms. The zero-order chi connectivity index (χ0) is 17.7. The summed E-state index contributed by atoms with van der Waals surface area (Å²) in [4.78, 5) is 12.3. The van der Waals surface area contributed by atoms with E-state index in [4.69, 9.17) is 5.14 Å². The maximum absolute atomic E-state index is 12.3. The SMILES string of the molecule is NS(=O)(=O)c1ccc(NC(=O)CNC23CC4CC(CC(C4)C2)C3)cc1. The number of anilines is 1. The topological polar surface area (TPSA) is 101 Å². The molecule has 4 bridgehead atoms. The molecule has 5 rings (SSSR count). The number of carbonyl (C=O) groups excluding carboxylic acids is 1. The van der Waals surface area contributed by atoms with Gasteiger partial charge in [-0.1, -0.05) is 0 Å². The van der Waals surface area contributed by atoms with Crippen LogP contribution in [0.1, 0.15) is 38.5 Å². The van der Waals surface area contributed by atoms with Crippen LogP contribution in [0.5, 0.6) is 0 Å². The second-order valence-corrected chi connectivity index (χ2v) is 9.73. The number of sulfonamides is 1. The van der Waals surface area contributed by atoms with Crippen LogP contribution in [-0.2, 0) is 14.8 Å². The number of benzene rings is 1. The van der Waals surface area contributed by atoms with Gasteiger partial charge in [0.1, 0.15) is 0 Å². The van der Waals surface area contributed by atoms with Crippen molar-refractivity contribution in [3.05, 3.63) is 24.3 Å². The largest absolute Gasteiger partial charge is 0.325 e. The highest BCUT2D eigenvalue weighted by Crippen LogP contribution is 2.55. The molecule has 6 nitrogen and oxygen atoms in total. The van der Waals surface area contributed by atoms with E-state index in [1.165, 1.54) is 50.7 Å². The van der Waals surface area contributed by atoms with Gasteiger partial charge >= 0.3 is 0 Å². The van der Waals surface area contributed by atoms with Crippen LogP contribution in [0.3, 0.4) is 0 Å². The third-order valence-electron chi connectivity index (χ3n) is 6.13. The fraction of sp³-hybridized carbons (Fsp3) is 0.611. The van der Waals surface area contributed by atoms with Crippen molar-refractivity contribution < 1.29 is 13.2 Å². The first-order valence-electron chi connectivity index (χ1n) is 8.99. The van der Waals surface area contributed by atoms with Gasteiger partial charge in [0.2, 0.25) is 15.9 Å². The molecule has 4 fully saturated rings. The molecule has 1 aromatic rings. The van der Waals surface area contributed by atoms with Gasteiger partial charge in [0.25, 0.3) is 0 Å². The van der Waals surface area contributed by atoms with E-state index in [1.54, 1.807) is 12.1 Å². The Bertz CT molecular complexity index is 738. The number of carbonyl (C=O) groups is 1. The minimum absolute atomic E-state index is 0.0391. The average molecular weight is 363 g/mol. The highest BCUT2D eigenvalue weighted by molar-refractivity contribution is 7.89. The molecular formula is C18H25N3O3S. The van der Waals surface area contributed by atoms with Gasteiger partial charge in [0, 0.05) is 11.2 Å². The first-order chi connectivity index (χ1) is 11.8. The molecule has 0 spiro atoms. The lowest BCUT2D eigenvalue weighted by Crippen LogP contribution is -2.59. The van der Waals surface area contributed by atoms with Crippen LogP contribution < -0.4 is 15.8 Å². The van der Waals surface area contributed by atoms with Gasteiger partial charge in [-0.3, -0.25) is 4.79 Å². The molecule has 0 unspecified atom stereocenters. The number of hydrogen-bond acceptors (Lipinski definition) is 4. The number of amides is 1. The van der Waals surface area contributed by atoms with E-state index in [9.17, 15) is 13.2 Å². The van der Waals surface area contributed by atoms with E-state index in [0.29, 0.717) is 12.2 Å².